The van der Waals surface area contributed by atoms with Gasteiger partial charge in [0.25, 0.3) is 0 Å². The Kier molecular flexibility index (Phi) is 8.03. The Labute approximate surface area is 123 Å². The average molecular weight is 304 g/mol. The number of carboxylic acids is 1. The number of piperidine rings is 1. The van der Waals surface area contributed by atoms with Crippen LogP contribution < -0.4 is 0 Å². The Morgan fingerprint density at radius 1 is 1.14 bits per heavy atom. The molecule has 0 spiro atoms. The van der Waals surface area contributed by atoms with Crippen molar-refractivity contribution in [3.05, 3.63) is 0 Å². The fraction of sp³-hybridized carbons (Fsp3) is 0.846. The van der Waals surface area contributed by atoms with Crippen LogP contribution in [0.2, 0.25) is 0 Å². The summed E-state index contributed by atoms with van der Waals surface area (Å²) in [6.07, 6.45) is 1.30. The number of nitrogens with zero attached hydrogens (tertiary/aromatic N) is 2. The van der Waals surface area contributed by atoms with E-state index in [2.05, 4.69) is 0 Å². The molecule has 2 amide bonds. The molecular weight excluding hydrogens is 280 g/mol. The smallest absolute Gasteiger partial charge is 0.320 e. The number of hydrogen-bond acceptors (Lipinski definition) is 5. The maximum Gasteiger partial charge on any atom is 0.320 e. The van der Waals surface area contributed by atoms with E-state index in [0.29, 0.717) is 25.9 Å². The second-order valence-electron chi connectivity index (χ2n) is 4.92. The molecule has 1 saturated heterocycles. The molecule has 0 aromatic carbocycles. The summed E-state index contributed by atoms with van der Waals surface area (Å²) in [5.41, 5.74) is 0. The maximum atomic E-state index is 12.2. The number of aliphatic hydroxyl groups excluding tert-OH is 2. The van der Waals surface area contributed by atoms with E-state index in [1.54, 1.807) is 4.90 Å². The molecule has 8 nitrogen and oxygen atoms in total. The van der Waals surface area contributed by atoms with Crippen LogP contribution in [0.5, 0.6) is 0 Å². The molecule has 0 unspecified atom stereocenters. The molecule has 1 fully saturated rings. The molecule has 1 aliphatic rings. The van der Waals surface area contributed by atoms with E-state index in [9.17, 15) is 9.59 Å². The molecule has 21 heavy (non-hydrogen) atoms. The normalized spacial score (nSPS) is 16.0. The summed E-state index contributed by atoms with van der Waals surface area (Å²) in [5, 5.41) is 26.4. The summed E-state index contributed by atoms with van der Waals surface area (Å²) in [6, 6.07) is -0.193. The molecule has 0 aromatic rings. The minimum absolute atomic E-state index is 0.0140. The molecule has 0 bridgehead atoms. The molecular formula is C13H24N2O6. The lowest BCUT2D eigenvalue weighted by Gasteiger charge is -2.35. The lowest BCUT2D eigenvalue weighted by Crippen LogP contribution is -2.49. The number of rotatable bonds is 8. The van der Waals surface area contributed by atoms with Crippen molar-refractivity contribution in [1.29, 1.82) is 0 Å². The molecule has 0 aromatic heterocycles. The van der Waals surface area contributed by atoms with Crippen LogP contribution in [-0.4, -0.2) is 89.2 Å². The van der Waals surface area contributed by atoms with Crippen molar-refractivity contribution in [2.24, 2.45) is 0 Å². The minimum atomic E-state index is -0.883. The fourth-order valence-corrected chi connectivity index (χ4v) is 2.27. The molecule has 3 N–H and O–H groups in total. The van der Waals surface area contributed by atoms with Gasteiger partial charge < -0.3 is 29.9 Å². The first-order valence-electron chi connectivity index (χ1n) is 7.17. The zero-order valence-electron chi connectivity index (χ0n) is 12.1. The Balaban J connectivity index is 2.33. The van der Waals surface area contributed by atoms with Gasteiger partial charge in [0.15, 0.2) is 0 Å². The van der Waals surface area contributed by atoms with Gasteiger partial charge in [-0.15, -0.1) is 0 Å². The molecule has 1 rings (SSSR count). The number of aliphatic carboxylic acids is 1. The second-order valence-corrected chi connectivity index (χ2v) is 4.92. The molecule has 8 heteroatoms. The zero-order chi connectivity index (χ0) is 15.7. The average Bonchev–Trinajstić information content (AvgIpc) is 2.47. The molecule has 0 atom stereocenters. The van der Waals surface area contributed by atoms with Gasteiger partial charge in [0.2, 0.25) is 0 Å². The molecule has 1 heterocycles. The van der Waals surface area contributed by atoms with E-state index in [0.717, 1.165) is 0 Å². The Morgan fingerprint density at radius 2 is 1.71 bits per heavy atom. The van der Waals surface area contributed by atoms with E-state index in [-0.39, 0.29) is 51.5 Å². The predicted molar refractivity (Wildman–Crippen MR) is 73.9 cm³/mol. The number of ether oxygens (including phenoxy) is 1. The number of aliphatic hydroxyl groups is 2. The number of likely N-dealkylation sites (tertiary alicyclic amines) is 1. The third-order valence-corrected chi connectivity index (χ3v) is 3.39. The molecule has 0 radical (unpaired) electrons. The van der Waals surface area contributed by atoms with Gasteiger partial charge in [0.1, 0.15) is 0 Å². The Hall–Kier alpha value is -1.38. The third-order valence-electron chi connectivity index (χ3n) is 3.39. The van der Waals surface area contributed by atoms with Crippen molar-refractivity contribution in [2.75, 3.05) is 46.0 Å². The molecule has 1 aliphatic heterocycles. The predicted octanol–water partition coefficient (Wildman–Crippen LogP) is -0.651. The maximum absolute atomic E-state index is 12.2. The number of carboxylic acid groups (broad SMARTS) is 1. The lowest BCUT2D eigenvalue weighted by atomic mass is 10.1. The summed E-state index contributed by atoms with van der Waals surface area (Å²) in [6.45, 7) is 1.38. The first-order chi connectivity index (χ1) is 10.1. The van der Waals surface area contributed by atoms with E-state index in [1.807, 2.05) is 0 Å². The number of hydrogen-bond donors (Lipinski definition) is 3. The van der Waals surface area contributed by atoms with Gasteiger partial charge in [0.05, 0.1) is 32.3 Å². The van der Waals surface area contributed by atoms with Crippen molar-refractivity contribution in [3.63, 3.8) is 0 Å². The highest BCUT2D eigenvalue weighted by Crippen LogP contribution is 2.15. The Bertz CT molecular complexity index is 325. The van der Waals surface area contributed by atoms with Crippen molar-refractivity contribution < 1.29 is 29.6 Å². The monoisotopic (exact) mass is 304 g/mol. The number of carbonyl (C=O) groups is 2. The Morgan fingerprint density at radius 3 is 2.19 bits per heavy atom. The highest BCUT2D eigenvalue weighted by Gasteiger charge is 2.26. The van der Waals surface area contributed by atoms with Crippen molar-refractivity contribution in [1.82, 2.24) is 9.80 Å². The van der Waals surface area contributed by atoms with Crippen LogP contribution in [-0.2, 0) is 9.53 Å². The van der Waals surface area contributed by atoms with Crippen LogP contribution in [0.4, 0.5) is 4.79 Å². The van der Waals surface area contributed by atoms with E-state index < -0.39 is 5.97 Å². The van der Waals surface area contributed by atoms with Gasteiger partial charge in [-0.3, -0.25) is 4.79 Å². The fourth-order valence-electron chi connectivity index (χ4n) is 2.27. The van der Waals surface area contributed by atoms with E-state index in [1.165, 1.54) is 4.90 Å². The molecule has 0 saturated carbocycles. The third kappa shape index (κ3) is 6.28. The zero-order valence-corrected chi connectivity index (χ0v) is 12.1. The van der Waals surface area contributed by atoms with Crippen LogP contribution in [0.3, 0.4) is 0 Å². The lowest BCUT2D eigenvalue weighted by molar-refractivity contribution is -0.138. The quantitative estimate of drug-likeness (QED) is 0.549. The standard InChI is InChI=1S/C13H24N2O6/c16-8-6-15(7-9-17)13(20)14-4-1-11(2-5-14)21-10-3-12(18)19/h11,16-17H,1-10H2,(H,18,19). The highest BCUT2D eigenvalue weighted by molar-refractivity contribution is 5.74. The molecule has 122 valence electrons. The van der Waals surface area contributed by atoms with Crippen molar-refractivity contribution >= 4 is 12.0 Å². The summed E-state index contributed by atoms with van der Waals surface area (Å²) in [5.74, 6) is -0.883. The van der Waals surface area contributed by atoms with Gasteiger partial charge in [-0.25, -0.2) is 4.79 Å². The van der Waals surface area contributed by atoms with Gasteiger partial charge >= 0.3 is 12.0 Å². The first-order valence-corrected chi connectivity index (χ1v) is 7.17. The van der Waals surface area contributed by atoms with Gasteiger partial charge in [-0.2, -0.15) is 0 Å². The summed E-state index contributed by atoms with van der Waals surface area (Å²) >= 11 is 0. The van der Waals surface area contributed by atoms with Crippen LogP contribution >= 0.6 is 0 Å². The summed E-state index contributed by atoms with van der Waals surface area (Å²) < 4.78 is 5.46. The van der Waals surface area contributed by atoms with Crippen molar-refractivity contribution in [2.45, 2.75) is 25.4 Å². The largest absolute Gasteiger partial charge is 0.481 e. The van der Waals surface area contributed by atoms with E-state index >= 15 is 0 Å². The number of urea groups is 1. The first kappa shape index (κ1) is 17.7. The minimum Gasteiger partial charge on any atom is -0.481 e. The highest BCUT2D eigenvalue weighted by atomic mass is 16.5. The van der Waals surface area contributed by atoms with Crippen LogP contribution in [0.15, 0.2) is 0 Å². The van der Waals surface area contributed by atoms with Gasteiger partial charge in [0, 0.05) is 26.2 Å². The van der Waals surface area contributed by atoms with Crippen LogP contribution in [0.1, 0.15) is 19.3 Å². The van der Waals surface area contributed by atoms with Gasteiger partial charge in [-0.05, 0) is 12.8 Å². The van der Waals surface area contributed by atoms with Crippen LogP contribution in [0.25, 0.3) is 0 Å². The van der Waals surface area contributed by atoms with Gasteiger partial charge in [-0.1, -0.05) is 0 Å². The van der Waals surface area contributed by atoms with Crippen LogP contribution in [0, 0.1) is 0 Å². The number of amides is 2. The molecule has 0 aliphatic carbocycles. The van der Waals surface area contributed by atoms with Crippen molar-refractivity contribution in [3.8, 4) is 0 Å². The number of carbonyl (C=O) groups excluding carboxylic acids is 1. The summed E-state index contributed by atoms with van der Waals surface area (Å²) in [7, 11) is 0. The van der Waals surface area contributed by atoms with E-state index in [4.69, 9.17) is 20.1 Å². The SMILES string of the molecule is O=C(O)CCOC1CCN(C(=O)N(CCO)CCO)CC1. The second kappa shape index (κ2) is 9.54. The summed E-state index contributed by atoms with van der Waals surface area (Å²) in [4.78, 5) is 25.7. The topological polar surface area (TPSA) is 111 Å².